The van der Waals surface area contributed by atoms with Crippen LogP contribution in [0.3, 0.4) is 0 Å². The molecule has 0 N–H and O–H groups in total. The van der Waals surface area contributed by atoms with Crippen LogP contribution in [0, 0.1) is 12.3 Å². The summed E-state index contributed by atoms with van der Waals surface area (Å²) in [6.07, 6.45) is -0.819. The van der Waals surface area contributed by atoms with E-state index in [0.29, 0.717) is 11.3 Å². The number of esters is 1. The minimum absolute atomic E-state index is 0.150. The first-order valence-electron chi connectivity index (χ1n) is 12.7. The number of ether oxygens (including phenoxy) is 1. The van der Waals surface area contributed by atoms with Crippen molar-refractivity contribution in [3.05, 3.63) is 126 Å². The van der Waals surface area contributed by atoms with Gasteiger partial charge in [-0.05, 0) is 42.8 Å². The topological polar surface area (TPSA) is 76.2 Å². The third-order valence-electron chi connectivity index (χ3n) is 7.60. The largest absolute Gasteiger partial charge is 0.468 e. The lowest BCUT2D eigenvalue weighted by atomic mass is 9.69. The monoisotopic (exact) mass is 540 g/mol. The molecule has 6 rings (SSSR count). The van der Waals surface area contributed by atoms with Gasteiger partial charge in [0.25, 0.3) is 10.0 Å². The Morgan fingerprint density at radius 2 is 1.49 bits per heavy atom. The highest BCUT2D eigenvalue weighted by atomic mass is 32.2. The van der Waals surface area contributed by atoms with E-state index in [1.165, 1.54) is 11.4 Å². The van der Waals surface area contributed by atoms with Gasteiger partial charge in [0, 0.05) is 5.56 Å². The van der Waals surface area contributed by atoms with Crippen molar-refractivity contribution in [3.63, 3.8) is 0 Å². The molecule has 2 aliphatic rings. The predicted octanol–water partition coefficient (Wildman–Crippen LogP) is 5.60. The Morgan fingerprint density at radius 1 is 0.872 bits per heavy atom. The molecule has 0 aromatic heterocycles. The van der Waals surface area contributed by atoms with Crippen LogP contribution < -0.4 is 9.37 Å². The molecule has 198 valence electrons. The molecule has 0 unspecified atom stereocenters. The fraction of sp³-hybridized carbons (Fsp3) is 0.194. The number of aryl methyl sites for hydroxylation is 1. The van der Waals surface area contributed by atoms with E-state index in [4.69, 9.17) is 9.57 Å². The number of benzene rings is 4. The van der Waals surface area contributed by atoms with Crippen molar-refractivity contribution in [1.29, 1.82) is 0 Å². The second-order valence-corrected chi connectivity index (χ2v) is 11.7. The number of fused-ring (bicyclic) bond motifs is 3. The Morgan fingerprint density at radius 3 is 2.15 bits per heavy atom. The lowest BCUT2D eigenvalue weighted by molar-refractivity contribution is -0.156. The Kier molecular flexibility index (Phi) is 6.16. The molecule has 0 amide bonds. The fourth-order valence-electron chi connectivity index (χ4n) is 5.76. The van der Waals surface area contributed by atoms with Crippen LogP contribution in [-0.4, -0.2) is 28.0 Å². The molecule has 0 aliphatic carbocycles. The highest BCUT2D eigenvalue weighted by Gasteiger charge is 2.67. The lowest BCUT2D eigenvalue weighted by Gasteiger charge is -2.45. The summed E-state index contributed by atoms with van der Waals surface area (Å²) >= 11 is 0. The van der Waals surface area contributed by atoms with Gasteiger partial charge < -0.3 is 4.74 Å². The van der Waals surface area contributed by atoms with Crippen molar-refractivity contribution < 1.29 is 22.8 Å². The van der Waals surface area contributed by atoms with Crippen LogP contribution in [0.15, 0.2) is 114 Å². The molecule has 0 bridgehead atoms. The summed E-state index contributed by atoms with van der Waals surface area (Å²) < 4.78 is 35.2. The minimum atomic E-state index is -4.05. The Labute approximate surface area is 228 Å². The summed E-state index contributed by atoms with van der Waals surface area (Å²) in [5, 5.41) is 1.74. The molecule has 0 radical (unpaired) electrons. The molecule has 0 spiro atoms. The van der Waals surface area contributed by atoms with Gasteiger partial charge >= 0.3 is 5.97 Å². The Bertz CT molecular complexity index is 1610. The molecular weight excluding hydrogens is 512 g/mol. The molecule has 39 heavy (non-hydrogen) atoms. The summed E-state index contributed by atoms with van der Waals surface area (Å²) in [6.45, 7) is 1.74. The molecule has 8 heteroatoms. The first-order valence-corrected chi connectivity index (χ1v) is 14.1. The summed E-state index contributed by atoms with van der Waals surface area (Å²) in [5.74, 6) is -0.543. The van der Waals surface area contributed by atoms with E-state index >= 15 is 0 Å². The van der Waals surface area contributed by atoms with E-state index in [-0.39, 0.29) is 11.4 Å². The predicted molar refractivity (Wildman–Crippen MR) is 149 cm³/mol. The number of para-hydroxylation sites is 2. The van der Waals surface area contributed by atoms with Gasteiger partial charge in [-0.2, -0.15) is 0 Å². The molecule has 4 aromatic carbocycles. The summed E-state index contributed by atoms with van der Waals surface area (Å²) in [5.41, 5.74) is 2.19. The molecule has 1 saturated heterocycles. The van der Waals surface area contributed by atoms with Crippen molar-refractivity contribution in [1.82, 2.24) is 0 Å². The second-order valence-electron chi connectivity index (χ2n) is 9.88. The van der Waals surface area contributed by atoms with E-state index in [0.717, 1.165) is 16.8 Å². The van der Waals surface area contributed by atoms with Gasteiger partial charge in [-0.25, -0.2) is 13.5 Å². The molecule has 2 aliphatic heterocycles. The number of carbonyl (C=O) groups is 1. The quantitative estimate of drug-likeness (QED) is 0.307. The van der Waals surface area contributed by atoms with Crippen molar-refractivity contribution in [3.8, 4) is 0 Å². The maximum absolute atomic E-state index is 14.2. The van der Waals surface area contributed by atoms with Gasteiger partial charge in [0.05, 0.1) is 29.9 Å². The Hall–Kier alpha value is -4.14. The van der Waals surface area contributed by atoms with Gasteiger partial charge in [0.15, 0.2) is 0 Å². The summed E-state index contributed by atoms with van der Waals surface area (Å²) in [6, 6.07) is 32.3. The fourth-order valence-corrected chi connectivity index (χ4v) is 7.30. The van der Waals surface area contributed by atoms with Crippen LogP contribution in [-0.2, 0) is 24.4 Å². The second kappa shape index (κ2) is 9.55. The molecule has 0 saturated carbocycles. The normalized spacial score (nSPS) is 22.2. The van der Waals surface area contributed by atoms with Crippen LogP contribution in [0.2, 0.25) is 0 Å². The van der Waals surface area contributed by atoms with Crippen LogP contribution >= 0.6 is 0 Å². The molecular formula is C31H28N2O5S. The average molecular weight is 541 g/mol. The highest BCUT2D eigenvalue weighted by molar-refractivity contribution is 7.92. The van der Waals surface area contributed by atoms with Crippen LogP contribution in [0.4, 0.5) is 11.4 Å². The first kappa shape index (κ1) is 25.2. The third-order valence-corrected chi connectivity index (χ3v) is 9.38. The molecule has 7 nitrogen and oxygen atoms in total. The van der Waals surface area contributed by atoms with Gasteiger partial charge in [-0.3, -0.25) is 13.9 Å². The summed E-state index contributed by atoms with van der Waals surface area (Å²) in [4.78, 5) is 20.9. The molecule has 3 atom stereocenters. The van der Waals surface area contributed by atoms with Crippen molar-refractivity contribution in [2.45, 2.75) is 24.0 Å². The van der Waals surface area contributed by atoms with Crippen LogP contribution in [0.25, 0.3) is 0 Å². The van der Waals surface area contributed by atoms with E-state index in [2.05, 4.69) is 0 Å². The number of nitrogens with zero attached hydrogens (tertiary/aromatic N) is 2. The number of anilines is 2. The van der Waals surface area contributed by atoms with Crippen molar-refractivity contribution >= 4 is 27.4 Å². The molecule has 4 aromatic rings. The number of hydroxylamine groups is 1. The number of hydrogen-bond donors (Lipinski definition) is 0. The zero-order valence-electron chi connectivity index (χ0n) is 21.6. The van der Waals surface area contributed by atoms with Crippen molar-refractivity contribution in [2.75, 3.05) is 23.0 Å². The van der Waals surface area contributed by atoms with Crippen LogP contribution in [0.5, 0.6) is 0 Å². The highest BCUT2D eigenvalue weighted by Crippen LogP contribution is 2.62. The Balaban J connectivity index is 1.63. The standard InChI is InChI=1S/C31H28N2O5S/c1-22-17-19-25(20-18-22)39(35,36)32-21-31(30(34)37-2)28(26-15-9-10-16-27(26)32)33(24-13-7-4-8-14-24)38-29(31)23-11-5-3-6-12-23/h3-20,28-29H,21H2,1-2H3/t28-,29+,31-/m1/s1. The average Bonchev–Trinajstić information content (AvgIpc) is 3.34. The van der Waals surface area contributed by atoms with Gasteiger partial charge in [-0.1, -0.05) is 84.4 Å². The maximum atomic E-state index is 14.2. The van der Waals surface area contributed by atoms with Gasteiger partial charge in [0.1, 0.15) is 17.6 Å². The van der Waals surface area contributed by atoms with Crippen molar-refractivity contribution in [2.24, 2.45) is 5.41 Å². The number of rotatable bonds is 5. The molecule has 1 fully saturated rings. The number of methoxy groups -OCH3 is 1. The van der Waals surface area contributed by atoms with Crippen LogP contribution in [0.1, 0.15) is 28.8 Å². The first-order chi connectivity index (χ1) is 18.9. The zero-order valence-corrected chi connectivity index (χ0v) is 22.4. The number of carbonyl (C=O) groups excluding carboxylic acids is 1. The minimum Gasteiger partial charge on any atom is -0.468 e. The smallest absolute Gasteiger partial charge is 0.319 e. The maximum Gasteiger partial charge on any atom is 0.319 e. The van der Waals surface area contributed by atoms with E-state index in [1.807, 2.05) is 79.7 Å². The SMILES string of the molecule is COC(=O)[C@]12CN(S(=O)(=O)c3ccc(C)cc3)c3ccccc3[C@H]1N(c1ccccc1)O[C@H]2c1ccccc1. The van der Waals surface area contributed by atoms with E-state index in [9.17, 15) is 13.2 Å². The molecule has 2 heterocycles. The number of hydrogen-bond acceptors (Lipinski definition) is 6. The summed E-state index contributed by atoms with van der Waals surface area (Å²) in [7, 11) is -2.71. The van der Waals surface area contributed by atoms with Gasteiger partial charge in [0.2, 0.25) is 0 Å². The zero-order chi connectivity index (χ0) is 27.2. The third kappa shape index (κ3) is 3.90. The van der Waals surface area contributed by atoms with E-state index < -0.39 is 33.6 Å². The number of sulfonamides is 1. The van der Waals surface area contributed by atoms with E-state index in [1.54, 1.807) is 41.5 Å². The van der Waals surface area contributed by atoms with Gasteiger partial charge in [-0.15, -0.1) is 0 Å². The lowest BCUT2D eigenvalue weighted by Crippen LogP contribution is -2.55.